The zero-order chi connectivity index (χ0) is 23.3. The number of benzene rings is 2. The van der Waals surface area contributed by atoms with Crippen molar-refractivity contribution in [2.24, 2.45) is 4.99 Å². The first-order valence-electron chi connectivity index (χ1n) is 11.4. The molecule has 0 atom stereocenters. The fourth-order valence-electron chi connectivity index (χ4n) is 4.54. The highest BCUT2D eigenvalue weighted by atomic mass is 127. The summed E-state index contributed by atoms with van der Waals surface area (Å²) in [5.41, 5.74) is 5.07. The summed E-state index contributed by atoms with van der Waals surface area (Å²) in [6, 6.07) is 17.2. The molecule has 0 bridgehead atoms. The molecule has 34 heavy (non-hydrogen) atoms. The first-order chi connectivity index (χ1) is 16.0. The molecule has 1 aliphatic heterocycles. The third-order valence-corrected chi connectivity index (χ3v) is 6.38. The highest BCUT2D eigenvalue weighted by Gasteiger charge is 2.35. The van der Waals surface area contributed by atoms with Gasteiger partial charge in [0.05, 0.1) is 11.4 Å². The summed E-state index contributed by atoms with van der Waals surface area (Å²) in [4.78, 5) is 4.42. The van der Waals surface area contributed by atoms with Crippen LogP contribution in [0.4, 0.5) is 4.39 Å². The van der Waals surface area contributed by atoms with Gasteiger partial charge in [-0.15, -0.1) is 24.0 Å². The quantitative estimate of drug-likeness (QED) is 0.254. The molecule has 182 valence electrons. The van der Waals surface area contributed by atoms with Gasteiger partial charge in [-0.25, -0.2) is 9.07 Å². The molecule has 2 heterocycles. The minimum atomic E-state index is -0.207. The van der Waals surface area contributed by atoms with Gasteiger partial charge in [0.15, 0.2) is 5.96 Å². The van der Waals surface area contributed by atoms with Crippen LogP contribution in [0.1, 0.15) is 35.4 Å². The number of para-hydroxylation sites is 1. The smallest absolute Gasteiger partial charge is 0.191 e. The van der Waals surface area contributed by atoms with Gasteiger partial charge in [-0.3, -0.25) is 4.99 Å². The molecule has 2 N–H and O–H groups in total. The maximum Gasteiger partial charge on any atom is 0.191 e. The summed E-state index contributed by atoms with van der Waals surface area (Å²) in [5.74, 6) is 0.502. The fraction of sp³-hybridized carbons (Fsp3) is 0.385. The van der Waals surface area contributed by atoms with Gasteiger partial charge >= 0.3 is 0 Å². The minimum Gasteiger partial charge on any atom is -0.381 e. The monoisotopic (exact) mass is 577 g/mol. The molecule has 0 radical (unpaired) electrons. The highest BCUT2D eigenvalue weighted by molar-refractivity contribution is 14.0. The van der Waals surface area contributed by atoms with Crippen molar-refractivity contribution in [2.75, 3.05) is 26.8 Å². The lowest BCUT2D eigenvalue weighted by Crippen LogP contribution is -2.48. The van der Waals surface area contributed by atoms with E-state index in [9.17, 15) is 4.39 Å². The van der Waals surface area contributed by atoms with Crippen LogP contribution in [0.3, 0.4) is 0 Å². The number of hydrogen-bond donors (Lipinski definition) is 2. The fourth-order valence-corrected chi connectivity index (χ4v) is 4.54. The zero-order valence-electron chi connectivity index (χ0n) is 20.0. The summed E-state index contributed by atoms with van der Waals surface area (Å²) < 4.78 is 21.6. The van der Waals surface area contributed by atoms with E-state index < -0.39 is 0 Å². The lowest BCUT2D eigenvalue weighted by molar-refractivity contribution is 0.0513. The molecule has 1 aromatic heterocycles. The van der Waals surface area contributed by atoms with Crippen molar-refractivity contribution in [1.29, 1.82) is 0 Å². The van der Waals surface area contributed by atoms with Crippen LogP contribution in [-0.2, 0) is 16.7 Å². The average Bonchev–Trinajstić information content (AvgIpc) is 3.17. The van der Waals surface area contributed by atoms with Crippen LogP contribution < -0.4 is 10.6 Å². The van der Waals surface area contributed by atoms with E-state index >= 15 is 0 Å². The van der Waals surface area contributed by atoms with Crippen molar-refractivity contribution in [3.63, 3.8) is 0 Å². The molecule has 0 saturated carbocycles. The molecule has 0 unspecified atom stereocenters. The normalized spacial score (nSPS) is 15.5. The maximum absolute atomic E-state index is 14.0. The number of aliphatic imine (C=N–C) groups is 1. The van der Waals surface area contributed by atoms with Crippen LogP contribution in [0.15, 0.2) is 59.6 Å². The van der Waals surface area contributed by atoms with Crippen LogP contribution in [0.25, 0.3) is 5.69 Å². The lowest BCUT2D eigenvalue weighted by Gasteiger charge is -2.38. The predicted octanol–water partition coefficient (Wildman–Crippen LogP) is 4.66. The Morgan fingerprint density at radius 2 is 1.85 bits per heavy atom. The summed E-state index contributed by atoms with van der Waals surface area (Å²) in [7, 11) is 1.76. The molecule has 1 fully saturated rings. The van der Waals surface area contributed by atoms with E-state index in [-0.39, 0.29) is 35.2 Å². The minimum absolute atomic E-state index is 0. The highest BCUT2D eigenvalue weighted by Crippen LogP contribution is 2.34. The first kappa shape index (κ1) is 26.2. The number of rotatable bonds is 6. The molecule has 0 spiro atoms. The van der Waals surface area contributed by atoms with E-state index in [0.29, 0.717) is 32.3 Å². The van der Waals surface area contributed by atoms with Crippen molar-refractivity contribution in [3.8, 4) is 5.69 Å². The topological polar surface area (TPSA) is 63.5 Å². The van der Waals surface area contributed by atoms with Crippen molar-refractivity contribution < 1.29 is 9.13 Å². The molecule has 1 aliphatic rings. The van der Waals surface area contributed by atoms with Crippen LogP contribution >= 0.6 is 24.0 Å². The second kappa shape index (κ2) is 11.8. The van der Waals surface area contributed by atoms with E-state index in [2.05, 4.69) is 45.8 Å². The van der Waals surface area contributed by atoms with Gasteiger partial charge in [0, 0.05) is 44.5 Å². The Hall–Kier alpha value is -2.46. The van der Waals surface area contributed by atoms with E-state index in [1.165, 1.54) is 6.07 Å². The summed E-state index contributed by atoms with van der Waals surface area (Å²) >= 11 is 0. The Kier molecular flexibility index (Phi) is 9.07. The molecule has 3 aromatic rings. The van der Waals surface area contributed by atoms with Gasteiger partial charge in [-0.1, -0.05) is 30.3 Å². The van der Waals surface area contributed by atoms with Crippen LogP contribution in [0.2, 0.25) is 0 Å². The average molecular weight is 577 g/mol. The lowest BCUT2D eigenvalue weighted by atomic mass is 9.74. The molecule has 8 heteroatoms. The Morgan fingerprint density at radius 3 is 2.53 bits per heavy atom. The Morgan fingerprint density at radius 1 is 1.09 bits per heavy atom. The number of nitrogens with one attached hydrogen (secondary N) is 2. The number of nitrogens with zero attached hydrogens (tertiary/aromatic N) is 3. The third kappa shape index (κ3) is 5.96. The van der Waals surface area contributed by atoms with E-state index in [0.717, 1.165) is 41.0 Å². The Bertz CT molecular complexity index is 1120. The number of ether oxygens (including phenoxy) is 1. The van der Waals surface area contributed by atoms with Gasteiger partial charge in [-0.05, 0) is 62.1 Å². The Labute approximate surface area is 218 Å². The molecular weight excluding hydrogens is 544 g/mol. The van der Waals surface area contributed by atoms with Gasteiger partial charge in [0.2, 0.25) is 0 Å². The standard InChI is InChI=1S/C26H32FN5O.HI/c1-19-15-20(2)32(31-19)24-10-5-4-7-21(24)17-29-25(28-3)30-18-26(11-13-33-14-12-26)22-8-6-9-23(27)16-22;/h4-10,15-16H,11-14,17-18H2,1-3H3,(H2,28,29,30);1H. The van der Waals surface area contributed by atoms with Crippen molar-refractivity contribution >= 4 is 29.9 Å². The molecule has 0 amide bonds. The van der Waals surface area contributed by atoms with Gasteiger partial charge in [0.1, 0.15) is 5.82 Å². The van der Waals surface area contributed by atoms with Crippen LogP contribution in [0, 0.1) is 19.7 Å². The van der Waals surface area contributed by atoms with Gasteiger partial charge < -0.3 is 15.4 Å². The molecule has 6 nitrogen and oxygen atoms in total. The molecule has 1 saturated heterocycles. The number of guanidine groups is 1. The number of halogens is 2. The molecular formula is C26H33FIN5O. The summed E-state index contributed by atoms with van der Waals surface area (Å²) in [6.07, 6.45) is 1.67. The maximum atomic E-state index is 14.0. The van der Waals surface area contributed by atoms with Gasteiger partial charge in [-0.2, -0.15) is 5.10 Å². The molecule has 2 aromatic carbocycles. The van der Waals surface area contributed by atoms with E-state index in [4.69, 9.17) is 4.74 Å². The summed E-state index contributed by atoms with van der Waals surface area (Å²) in [6.45, 7) is 6.65. The van der Waals surface area contributed by atoms with Crippen LogP contribution in [0.5, 0.6) is 0 Å². The number of aryl methyl sites for hydroxylation is 2. The van der Waals surface area contributed by atoms with Crippen molar-refractivity contribution in [3.05, 3.63) is 82.9 Å². The molecule has 0 aliphatic carbocycles. The molecule has 4 rings (SSSR count). The van der Waals surface area contributed by atoms with Crippen molar-refractivity contribution in [1.82, 2.24) is 20.4 Å². The van der Waals surface area contributed by atoms with Crippen LogP contribution in [-0.4, -0.2) is 42.5 Å². The number of hydrogen-bond acceptors (Lipinski definition) is 3. The number of aromatic nitrogens is 2. The van der Waals surface area contributed by atoms with E-state index in [1.807, 2.05) is 29.8 Å². The third-order valence-electron chi connectivity index (χ3n) is 6.38. The van der Waals surface area contributed by atoms with Gasteiger partial charge in [0.25, 0.3) is 0 Å². The Balaban J connectivity index is 0.00000324. The predicted molar refractivity (Wildman–Crippen MR) is 145 cm³/mol. The first-order valence-corrected chi connectivity index (χ1v) is 11.4. The summed E-state index contributed by atoms with van der Waals surface area (Å²) in [5, 5.41) is 11.6. The second-order valence-corrected chi connectivity index (χ2v) is 8.65. The van der Waals surface area contributed by atoms with Crippen molar-refractivity contribution in [2.45, 2.75) is 38.6 Å². The largest absolute Gasteiger partial charge is 0.381 e. The zero-order valence-corrected chi connectivity index (χ0v) is 22.3. The van der Waals surface area contributed by atoms with E-state index in [1.54, 1.807) is 19.2 Å². The second-order valence-electron chi connectivity index (χ2n) is 8.65. The SMILES string of the molecule is CN=C(NCc1ccccc1-n1nc(C)cc1C)NCC1(c2cccc(F)c2)CCOCC1.I.